The van der Waals surface area contributed by atoms with Gasteiger partial charge in [-0.05, 0) is 30.0 Å². The van der Waals surface area contributed by atoms with Gasteiger partial charge >= 0.3 is 0 Å². The number of aliphatic hydroxyl groups is 1. The Bertz CT molecular complexity index is 269. The van der Waals surface area contributed by atoms with Gasteiger partial charge in [0, 0.05) is 24.7 Å². The minimum Gasteiger partial charge on any atom is -0.396 e. The van der Waals surface area contributed by atoms with Gasteiger partial charge in [0.25, 0.3) is 0 Å². The first kappa shape index (κ1) is 12.5. The van der Waals surface area contributed by atoms with Crippen LogP contribution in [0, 0.1) is 5.92 Å². The Morgan fingerprint density at radius 3 is 2.53 bits per heavy atom. The lowest BCUT2D eigenvalue weighted by Gasteiger charge is -2.12. The molecule has 1 aromatic carbocycles. The minimum atomic E-state index is 0.254. The van der Waals surface area contributed by atoms with Gasteiger partial charge in [0.05, 0.1) is 0 Å². The van der Waals surface area contributed by atoms with E-state index in [-0.39, 0.29) is 6.61 Å². The van der Waals surface area contributed by atoms with Crippen molar-refractivity contribution in [3.05, 3.63) is 34.9 Å². The average Bonchev–Trinajstić information content (AvgIpc) is 2.27. The first-order valence-corrected chi connectivity index (χ1v) is 5.70. The molecule has 0 aromatic heterocycles. The molecule has 1 atom stereocenters. The summed E-state index contributed by atoms with van der Waals surface area (Å²) in [7, 11) is 0. The molecule has 0 aliphatic rings. The molecule has 0 radical (unpaired) electrons. The van der Waals surface area contributed by atoms with Crippen molar-refractivity contribution < 1.29 is 5.11 Å². The van der Waals surface area contributed by atoms with E-state index in [1.54, 1.807) is 0 Å². The molecule has 0 aliphatic carbocycles. The molecule has 0 heterocycles. The number of benzene rings is 1. The zero-order chi connectivity index (χ0) is 11.1. The smallest absolute Gasteiger partial charge is 0.0471 e. The first-order valence-electron chi connectivity index (χ1n) is 5.32. The molecule has 0 amide bonds. The monoisotopic (exact) mass is 227 g/mol. The molecule has 2 N–H and O–H groups in total. The van der Waals surface area contributed by atoms with Gasteiger partial charge in [0.15, 0.2) is 0 Å². The second-order valence-electron chi connectivity index (χ2n) is 3.71. The van der Waals surface area contributed by atoms with Crippen LogP contribution in [-0.2, 0) is 6.54 Å². The van der Waals surface area contributed by atoms with Crippen molar-refractivity contribution in [2.75, 3.05) is 13.2 Å². The molecule has 0 bridgehead atoms. The number of hydrogen-bond acceptors (Lipinski definition) is 2. The predicted molar refractivity (Wildman–Crippen MR) is 64.0 cm³/mol. The van der Waals surface area contributed by atoms with E-state index in [0.29, 0.717) is 5.92 Å². The van der Waals surface area contributed by atoms with Gasteiger partial charge in [-0.1, -0.05) is 30.7 Å². The Labute approximate surface area is 96.3 Å². The van der Waals surface area contributed by atoms with E-state index < -0.39 is 0 Å². The van der Waals surface area contributed by atoms with Crippen molar-refractivity contribution in [2.24, 2.45) is 5.92 Å². The third-order valence-electron chi connectivity index (χ3n) is 2.51. The van der Waals surface area contributed by atoms with Crippen LogP contribution in [0.15, 0.2) is 24.3 Å². The molecule has 1 unspecified atom stereocenters. The van der Waals surface area contributed by atoms with E-state index in [4.69, 9.17) is 16.7 Å². The minimum absolute atomic E-state index is 0.254. The molecule has 15 heavy (non-hydrogen) atoms. The molecule has 0 saturated carbocycles. The number of aliphatic hydroxyl groups excluding tert-OH is 1. The molecule has 2 nitrogen and oxygen atoms in total. The lowest BCUT2D eigenvalue weighted by atomic mass is 10.1. The van der Waals surface area contributed by atoms with Crippen LogP contribution in [0.4, 0.5) is 0 Å². The highest BCUT2D eigenvalue weighted by atomic mass is 35.5. The highest BCUT2D eigenvalue weighted by Gasteiger charge is 2.03. The van der Waals surface area contributed by atoms with Crippen LogP contribution in [0.3, 0.4) is 0 Å². The molecule has 0 spiro atoms. The van der Waals surface area contributed by atoms with Crippen molar-refractivity contribution in [2.45, 2.75) is 19.9 Å². The standard InChI is InChI=1S/C12H18ClNO/c1-2-10(9-15)7-14-8-11-3-5-12(13)6-4-11/h3-6,10,14-15H,2,7-9H2,1H3. The van der Waals surface area contributed by atoms with Crippen molar-refractivity contribution in [3.63, 3.8) is 0 Å². The van der Waals surface area contributed by atoms with E-state index in [1.807, 2.05) is 24.3 Å². The maximum absolute atomic E-state index is 9.00. The highest BCUT2D eigenvalue weighted by molar-refractivity contribution is 6.30. The summed E-state index contributed by atoms with van der Waals surface area (Å²) in [6, 6.07) is 7.80. The van der Waals surface area contributed by atoms with E-state index in [9.17, 15) is 0 Å². The summed E-state index contributed by atoms with van der Waals surface area (Å²) in [5.74, 6) is 0.359. The van der Waals surface area contributed by atoms with Crippen LogP contribution in [0.1, 0.15) is 18.9 Å². The van der Waals surface area contributed by atoms with Gasteiger partial charge in [0.1, 0.15) is 0 Å². The van der Waals surface area contributed by atoms with Crippen LogP contribution < -0.4 is 5.32 Å². The third-order valence-corrected chi connectivity index (χ3v) is 2.76. The van der Waals surface area contributed by atoms with Crippen molar-refractivity contribution in [3.8, 4) is 0 Å². The van der Waals surface area contributed by atoms with Crippen molar-refractivity contribution >= 4 is 11.6 Å². The van der Waals surface area contributed by atoms with E-state index >= 15 is 0 Å². The Balaban J connectivity index is 2.28. The van der Waals surface area contributed by atoms with Crippen LogP contribution in [-0.4, -0.2) is 18.3 Å². The average molecular weight is 228 g/mol. The van der Waals surface area contributed by atoms with E-state index in [1.165, 1.54) is 5.56 Å². The van der Waals surface area contributed by atoms with Gasteiger partial charge in [-0.3, -0.25) is 0 Å². The zero-order valence-electron chi connectivity index (χ0n) is 9.04. The fourth-order valence-electron chi connectivity index (χ4n) is 1.36. The predicted octanol–water partition coefficient (Wildman–Crippen LogP) is 2.45. The largest absolute Gasteiger partial charge is 0.396 e. The summed E-state index contributed by atoms with van der Waals surface area (Å²) in [6.45, 7) is 4.03. The summed E-state index contributed by atoms with van der Waals surface area (Å²) in [6.07, 6.45) is 1.00. The van der Waals surface area contributed by atoms with E-state index in [2.05, 4.69) is 12.2 Å². The maximum Gasteiger partial charge on any atom is 0.0471 e. The molecule has 1 rings (SSSR count). The molecule has 0 aliphatic heterocycles. The maximum atomic E-state index is 9.00. The third kappa shape index (κ3) is 4.65. The van der Waals surface area contributed by atoms with Gasteiger partial charge in [-0.15, -0.1) is 0 Å². The summed E-state index contributed by atoms with van der Waals surface area (Å²) >= 11 is 5.79. The fraction of sp³-hybridized carbons (Fsp3) is 0.500. The summed E-state index contributed by atoms with van der Waals surface area (Å²) < 4.78 is 0. The summed E-state index contributed by atoms with van der Waals surface area (Å²) in [5.41, 5.74) is 1.21. The summed E-state index contributed by atoms with van der Waals surface area (Å²) in [5, 5.41) is 13.1. The highest BCUT2D eigenvalue weighted by Crippen LogP contribution is 2.09. The van der Waals surface area contributed by atoms with Gasteiger partial charge in [-0.25, -0.2) is 0 Å². The molecule has 0 saturated heterocycles. The second kappa shape index (κ2) is 6.83. The zero-order valence-corrected chi connectivity index (χ0v) is 9.80. The Hall–Kier alpha value is -0.570. The summed E-state index contributed by atoms with van der Waals surface area (Å²) in [4.78, 5) is 0. The molecular weight excluding hydrogens is 210 g/mol. The molecule has 1 aromatic rings. The molecule has 3 heteroatoms. The van der Waals surface area contributed by atoms with Crippen molar-refractivity contribution in [1.29, 1.82) is 0 Å². The lowest BCUT2D eigenvalue weighted by molar-refractivity contribution is 0.218. The number of nitrogens with one attached hydrogen (secondary N) is 1. The van der Waals surface area contributed by atoms with E-state index in [0.717, 1.165) is 24.5 Å². The fourth-order valence-corrected chi connectivity index (χ4v) is 1.49. The topological polar surface area (TPSA) is 32.3 Å². The Kier molecular flexibility index (Phi) is 5.69. The SMILES string of the molecule is CCC(CO)CNCc1ccc(Cl)cc1. The van der Waals surface area contributed by atoms with Crippen LogP contribution >= 0.6 is 11.6 Å². The quantitative estimate of drug-likeness (QED) is 0.783. The molecule has 84 valence electrons. The van der Waals surface area contributed by atoms with Gasteiger partial charge < -0.3 is 10.4 Å². The van der Waals surface area contributed by atoms with Crippen LogP contribution in [0.2, 0.25) is 5.02 Å². The second-order valence-corrected chi connectivity index (χ2v) is 4.15. The van der Waals surface area contributed by atoms with Crippen LogP contribution in [0.25, 0.3) is 0 Å². The Morgan fingerprint density at radius 2 is 2.00 bits per heavy atom. The molecular formula is C12H18ClNO. The first-order chi connectivity index (χ1) is 7.26. The number of halogens is 1. The lowest BCUT2D eigenvalue weighted by Crippen LogP contribution is -2.24. The number of rotatable bonds is 6. The Morgan fingerprint density at radius 1 is 1.33 bits per heavy atom. The normalized spacial score (nSPS) is 12.7. The number of hydrogen-bond donors (Lipinski definition) is 2. The van der Waals surface area contributed by atoms with Gasteiger partial charge in [0.2, 0.25) is 0 Å². The van der Waals surface area contributed by atoms with Crippen LogP contribution in [0.5, 0.6) is 0 Å². The molecule has 0 fully saturated rings. The van der Waals surface area contributed by atoms with Gasteiger partial charge in [-0.2, -0.15) is 0 Å². The van der Waals surface area contributed by atoms with Crippen molar-refractivity contribution in [1.82, 2.24) is 5.32 Å².